The van der Waals surface area contributed by atoms with Gasteiger partial charge in [-0.05, 0) is 68.1 Å². The van der Waals surface area contributed by atoms with Crippen LogP contribution in [0.1, 0.15) is 44.7 Å². The summed E-state index contributed by atoms with van der Waals surface area (Å²) in [5.74, 6) is 0.443. The van der Waals surface area contributed by atoms with Gasteiger partial charge in [-0.25, -0.2) is 0 Å². The van der Waals surface area contributed by atoms with Crippen LogP contribution < -0.4 is 15.5 Å². The zero-order valence-corrected chi connectivity index (χ0v) is 16.6. The summed E-state index contributed by atoms with van der Waals surface area (Å²) in [6.07, 6.45) is 0. The SMILES string of the molecule is CCN(CC)c1ccc(NCC(=O)Nc2ccc(C(C)C)cc2)c(C)c1. The summed E-state index contributed by atoms with van der Waals surface area (Å²) in [6, 6.07) is 14.3. The van der Waals surface area contributed by atoms with Crippen molar-refractivity contribution in [2.24, 2.45) is 0 Å². The van der Waals surface area contributed by atoms with Gasteiger partial charge in [-0.2, -0.15) is 0 Å². The second-order valence-corrected chi connectivity index (χ2v) is 6.85. The first-order valence-corrected chi connectivity index (χ1v) is 9.43. The third-order valence-corrected chi connectivity index (χ3v) is 4.64. The molecule has 140 valence electrons. The maximum Gasteiger partial charge on any atom is 0.243 e. The van der Waals surface area contributed by atoms with Gasteiger partial charge < -0.3 is 15.5 Å². The van der Waals surface area contributed by atoms with Crippen molar-refractivity contribution in [1.29, 1.82) is 0 Å². The number of hydrogen-bond acceptors (Lipinski definition) is 3. The summed E-state index contributed by atoms with van der Waals surface area (Å²) >= 11 is 0. The molecule has 4 nitrogen and oxygen atoms in total. The summed E-state index contributed by atoms with van der Waals surface area (Å²) in [4.78, 5) is 14.5. The first kappa shape index (κ1) is 19.8. The number of carbonyl (C=O) groups is 1. The van der Waals surface area contributed by atoms with Gasteiger partial charge in [0.2, 0.25) is 5.91 Å². The number of nitrogens with zero attached hydrogens (tertiary/aromatic N) is 1. The lowest BCUT2D eigenvalue weighted by atomic mass is 10.0. The first-order chi connectivity index (χ1) is 12.4. The molecule has 1 amide bonds. The molecule has 0 aromatic heterocycles. The number of aryl methyl sites for hydroxylation is 1. The van der Waals surface area contributed by atoms with Crippen molar-refractivity contribution in [3.8, 4) is 0 Å². The Balaban J connectivity index is 1.92. The quantitative estimate of drug-likeness (QED) is 0.701. The van der Waals surface area contributed by atoms with E-state index in [1.54, 1.807) is 0 Å². The Labute approximate surface area is 157 Å². The van der Waals surface area contributed by atoms with E-state index in [0.29, 0.717) is 5.92 Å². The number of anilines is 3. The van der Waals surface area contributed by atoms with Crippen LogP contribution in [0.15, 0.2) is 42.5 Å². The average molecular weight is 354 g/mol. The molecule has 0 saturated carbocycles. The van der Waals surface area contributed by atoms with Crippen molar-refractivity contribution < 1.29 is 4.79 Å². The van der Waals surface area contributed by atoms with E-state index >= 15 is 0 Å². The number of hydrogen-bond donors (Lipinski definition) is 2. The van der Waals surface area contributed by atoms with Gasteiger partial charge in [-0.15, -0.1) is 0 Å². The summed E-state index contributed by atoms with van der Waals surface area (Å²) < 4.78 is 0. The van der Waals surface area contributed by atoms with Crippen molar-refractivity contribution in [2.75, 3.05) is 35.2 Å². The molecular weight excluding hydrogens is 322 g/mol. The van der Waals surface area contributed by atoms with Gasteiger partial charge in [0.05, 0.1) is 6.54 Å². The van der Waals surface area contributed by atoms with Gasteiger partial charge >= 0.3 is 0 Å². The largest absolute Gasteiger partial charge is 0.376 e. The Morgan fingerprint density at radius 3 is 2.23 bits per heavy atom. The van der Waals surface area contributed by atoms with Gasteiger partial charge in [0.25, 0.3) is 0 Å². The van der Waals surface area contributed by atoms with Crippen molar-refractivity contribution in [3.05, 3.63) is 53.6 Å². The highest BCUT2D eigenvalue weighted by molar-refractivity contribution is 5.93. The van der Waals surface area contributed by atoms with Gasteiger partial charge in [0.1, 0.15) is 0 Å². The van der Waals surface area contributed by atoms with Crippen LogP contribution in [0.3, 0.4) is 0 Å². The lowest BCUT2D eigenvalue weighted by Crippen LogP contribution is -2.23. The van der Waals surface area contributed by atoms with E-state index in [1.807, 2.05) is 18.2 Å². The van der Waals surface area contributed by atoms with Crippen molar-refractivity contribution in [3.63, 3.8) is 0 Å². The molecule has 0 radical (unpaired) electrons. The Bertz CT molecular complexity index is 719. The Kier molecular flexibility index (Phi) is 7.07. The fraction of sp³-hybridized carbons (Fsp3) is 0.409. The lowest BCUT2D eigenvalue weighted by molar-refractivity contribution is -0.114. The monoisotopic (exact) mass is 353 g/mol. The molecule has 0 heterocycles. The molecule has 2 aromatic carbocycles. The lowest BCUT2D eigenvalue weighted by Gasteiger charge is -2.22. The number of rotatable bonds is 8. The van der Waals surface area contributed by atoms with E-state index in [2.05, 4.69) is 74.4 Å². The molecule has 4 heteroatoms. The predicted molar refractivity (Wildman–Crippen MR) is 112 cm³/mol. The maximum absolute atomic E-state index is 12.2. The van der Waals surface area contributed by atoms with Gasteiger partial charge in [-0.3, -0.25) is 4.79 Å². The molecule has 0 bridgehead atoms. The second kappa shape index (κ2) is 9.27. The molecule has 0 saturated heterocycles. The Hall–Kier alpha value is -2.49. The van der Waals surface area contributed by atoms with E-state index in [-0.39, 0.29) is 12.5 Å². The molecule has 0 aliphatic heterocycles. The minimum absolute atomic E-state index is 0.0467. The highest BCUT2D eigenvalue weighted by atomic mass is 16.1. The molecule has 0 aliphatic rings. The molecule has 0 unspecified atom stereocenters. The topological polar surface area (TPSA) is 44.4 Å². The van der Waals surface area contributed by atoms with E-state index in [0.717, 1.165) is 30.0 Å². The third kappa shape index (κ3) is 5.25. The highest BCUT2D eigenvalue weighted by Gasteiger charge is 2.07. The van der Waals surface area contributed by atoms with Crippen LogP contribution in [0.2, 0.25) is 0 Å². The molecule has 0 fully saturated rings. The van der Waals surface area contributed by atoms with E-state index in [4.69, 9.17) is 0 Å². The van der Waals surface area contributed by atoms with Crippen LogP contribution in [-0.4, -0.2) is 25.5 Å². The molecule has 0 atom stereocenters. The van der Waals surface area contributed by atoms with E-state index < -0.39 is 0 Å². The summed E-state index contributed by atoms with van der Waals surface area (Å²) in [5, 5.41) is 6.17. The zero-order valence-electron chi connectivity index (χ0n) is 16.6. The smallest absolute Gasteiger partial charge is 0.243 e. The standard InChI is InChI=1S/C22H31N3O/c1-6-25(7-2)20-12-13-21(17(5)14-20)23-15-22(26)24-19-10-8-18(9-11-19)16(3)4/h8-14,16,23H,6-7,15H2,1-5H3,(H,24,26). The molecule has 2 aromatic rings. The second-order valence-electron chi connectivity index (χ2n) is 6.85. The summed E-state index contributed by atoms with van der Waals surface area (Å²) in [5.41, 5.74) is 5.45. The molecule has 0 spiro atoms. The van der Waals surface area contributed by atoms with Gasteiger partial charge in [-0.1, -0.05) is 26.0 Å². The first-order valence-electron chi connectivity index (χ1n) is 9.43. The van der Waals surface area contributed by atoms with Crippen LogP contribution >= 0.6 is 0 Å². The number of carbonyl (C=O) groups excluding carboxylic acids is 1. The zero-order chi connectivity index (χ0) is 19.1. The fourth-order valence-electron chi connectivity index (χ4n) is 2.96. The number of amides is 1. The molecule has 2 rings (SSSR count). The minimum Gasteiger partial charge on any atom is -0.376 e. The van der Waals surface area contributed by atoms with Gasteiger partial charge in [0.15, 0.2) is 0 Å². The average Bonchev–Trinajstić information content (AvgIpc) is 2.62. The highest BCUT2D eigenvalue weighted by Crippen LogP contribution is 2.22. The predicted octanol–water partition coefficient (Wildman–Crippen LogP) is 5.02. The molecule has 2 N–H and O–H groups in total. The summed E-state index contributed by atoms with van der Waals surface area (Å²) in [7, 11) is 0. The fourth-order valence-corrected chi connectivity index (χ4v) is 2.96. The Morgan fingerprint density at radius 1 is 1.04 bits per heavy atom. The third-order valence-electron chi connectivity index (χ3n) is 4.64. The van der Waals surface area contributed by atoms with Crippen LogP contribution in [0.5, 0.6) is 0 Å². The van der Waals surface area contributed by atoms with Crippen LogP contribution in [0.25, 0.3) is 0 Å². The molecule has 0 aliphatic carbocycles. The van der Waals surface area contributed by atoms with Crippen molar-refractivity contribution >= 4 is 23.0 Å². The van der Waals surface area contributed by atoms with Crippen molar-refractivity contribution in [1.82, 2.24) is 0 Å². The van der Waals surface area contributed by atoms with Crippen LogP contribution in [-0.2, 0) is 4.79 Å². The van der Waals surface area contributed by atoms with E-state index in [9.17, 15) is 4.79 Å². The Morgan fingerprint density at radius 2 is 1.69 bits per heavy atom. The van der Waals surface area contributed by atoms with Crippen LogP contribution in [0.4, 0.5) is 17.1 Å². The normalized spacial score (nSPS) is 10.7. The van der Waals surface area contributed by atoms with E-state index in [1.165, 1.54) is 11.3 Å². The maximum atomic E-state index is 12.2. The minimum atomic E-state index is -0.0467. The van der Waals surface area contributed by atoms with Crippen LogP contribution in [0, 0.1) is 6.92 Å². The van der Waals surface area contributed by atoms with Crippen molar-refractivity contribution in [2.45, 2.75) is 40.5 Å². The molecule has 26 heavy (non-hydrogen) atoms. The van der Waals surface area contributed by atoms with Gasteiger partial charge in [0, 0.05) is 30.2 Å². The molecular formula is C22H31N3O. The summed E-state index contributed by atoms with van der Waals surface area (Å²) in [6.45, 7) is 12.9. The number of benzene rings is 2. The number of nitrogens with one attached hydrogen (secondary N) is 2.